The van der Waals surface area contributed by atoms with Crippen LogP contribution in [0.5, 0.6) is 0 Å². The minimum atomic E-state index is 0. The summed E-state index contributed by atoms with van der Waals surface area (Å²) in [7, 11) is 0. The molecule has 0 rings (SSSR count). The van der Waals surface area contributed by atoms with Crippen molar-refractivity contribution < 1.29 is 77.4 Å². The Morgan fingerprint density at radius 2 is 1.00 bits per heavy atom. The largest absolute Gasteiger partial charge is 0 e. The summed E-state index contributed by atoms with van der Waals surface area (Å²) in [6.45, 7) is 0. The molecule has 32 valence electrons. The topological polar surface area (TPSA) is 0 Å². The molecule has 0 bridgehead atoms. The molecule has 0 saturated heterocycles. The molecule has 0 aromatic heterocycles. The molecule has 0 unspecified atom stereocenters. The Balaban J connectivity index is 0. The molecule has 2 radical (unpaired) electrons. The van der Waals surface area contributed by atoms with E-state index in [0.717, 1.165) is 0 Å². The van der Waals surface area contributed by atoms with Gasteiger partial charge >= 0.3 is 0 Å². The standard InChI is InChI=1S/Fe.Ir.Os.Re. The predicted molar refractivity (Wildman–Crippen MR) is 0 cm³/mol. The zero-order valence-electron chi connectivity index (χ0n) is 1.42. The van der Waals surface area contributed by atoms with E-state index in [1.54, 1.807) is 0 Å². The molecule has 0 spiro atoms. The second kappa shape index (κ2) is 17.9. The maximum Gasteiger partial charge on any atom is 0 e. The van der Waals surface area contributed by atoms with E-state index in [1.807, 2.05) is 0 Å². The first-order valence-electron chi connectivity index (χ1n) is 0. The third-order valence-electron chi connectivity index (χ3n) is 0. The predicted octanol–water partition coefficient (Wildman–Crippen LogP) is -0.0100. The molecule has 0 aromatic carbocycles. The molecule has 4 heavy (non-hydrogen) atoms. The van der Waals surface area contributed by atoms with Gasteiger partial charge < -0.3 is 0 Å². The van der Waals surface area contributed by atoms with Gasteiger partial charge in [-0.05, 0) is 0 Å². The average Bonchev–Trinajstić information content (AvgIpc) is 0. The van der Waals surface area contributed by atoms with Crippen LogP contribution in [0.25, 0.3) is 0 Å². The van der Waals surface area contributed by atoms with Gasteiger partial charge in [0.15, 0.2) is 0 Å². The fourth-order valence-corrected chi connectivity index (χ4v) is 0. The van der Waals surface area contributed by atoms with E-state index in [2.05, 4.69) is 0 Å². The third-order valence-corrected chi connectivity index (χ3v) is 0. The summed E-state index contributed by atoms with van der Waals surface area (Å²) in [6.07, 6.45) is 0. The van der Waals surface area contributed by atoms with E-state index >= 15 is 0 Å². The molecule has 0 nitrogen and oxygen atoms in total. The molecule has 0 amide bonds. The van der Waals surface area contributed by atoms with Crippen LogP contribution in [-0.4, -0.2) is 0 Å². The van der Waals surface area contributed by atoms with E-state index in [-0.39, 0.29) is 77.4 Å². The van der Waals surface area contributed by atoms with Crippen LogP contribution in [0.2, 0.25) is 0 Å². The van der Waals surface area contributed by atoms with Crippen molar-refractivity contribution in [2.75, 3.05) is 0 Å². The number of hydrogen-bond donors (Lipinski definition) is 0. The van der Waals surface area contributed by atoms with Crippen molar-refractivity contribution in [2.24, 2.45) is 0 Å². The van der Waals surface area contributed by atoms with E-state index in [9.17, 15) is 0 Å². The zero-order chi connectivity index (χ0) is 0. The molecule has 0 aromatic rings. The first-order valence-corrected chi connectivity index (χ1v) is 0. The monoisotopic (exact) mass is 628 g/mol. The molecule has 0 aliphatic rings. The van der Waals surface area contributed by atoms with Gasteiger partial charge in [0.25, 0.3) is 0 Å². The summed E-state index contributed by atoms with van der Waals surface area (Å²) in [6, 6.07) is 0. The summed E-state index contributed by atoms with van der Waals surface area (Å²) in [5, 5.41) is 0. The second-order valence-corrected chi connectivity index (χ2v) is 0. The fourth-order valence-electron chi connectivity index (χ4n) is 0. The van der Waals surface area contributed by atoms with Crippen molar-refractivity contribution >= 4 is 0 Å². The molecule has 0 fully saturated rings. The van der Waals surface area contributed by atoms with Gasteiger partial charge in [-0.25, -0.2) is 0 Å². The SMILES string of the molecule is [Fe].[Ir].[Os].[Re]. The Morgan fingerprint density at radius 3 is 1.00 bits per heavy atom. The Morgan fingerprint density at radius 1 is 1.00 bits per heavy atom. The third kappa shape index (κ3) is 8.82. The van der Waals surface area contributed by atoms with Gasteiger partial charge in [0.1, 0.15) is 0 Å². The van der Waals surface area contributed by atoms with Crippen LogP contribution in [0.15, 0.2) is 0 Å². The molecular formula is FeIrOsRe. The first kappa shape index (κ1) is 31.8. The number of rotatable bonds is 0. The number of hydrogen-bond acceptors (Lipinski definition) is 0. The molecule has 0 aliphatic heterocycles. The second-order valence-electron chi connectivity index (χ2n) is 0. The van der Waals surface area contributed by atoms with Crippen LogP contribution in [0.3, 0.4) is 0 Å². The molecule has 0 atom stereocenters. The summed E-state index contributed by atoms with van der Waals surface area (Å²) in [5.41, 5.74) is 0. The Hall–Kier alpha value is 2.47. The maximum absolute atomic E-state index is 0. The van der Waals surface area contributed by atoms with Crippen LogP contribution in [-0.2, 0) is 77.4 Å². The summed E-state index contributed by atoms with van der Waals surface area (Å²) >= 11 is 0. The van der Waals surface area contributed by atoms with Crippen LogP contribution < -0.4 is 0 Å². The van der Waals surface area contributed by atoms with Crippen LogP contribution >= 0.6 is 0 Å². The molecule has 0 saturated carbocycles. The van der Waals surface area contributed by atoms with Crippen molar-refractivity contribution in [2.45, 2.75) is 0 Å². The van der Waals surface area contributed by atoms with Crippen LogP contribution in [0.4, 0.5) is 0 Å². The van der Waals surface area contributed by atoms with E-state index < -0.39 is 0 Å². The first-order chi connectivity index (χ1) is 0. The normalized spacial score (nSPS) is 0. The minimum absolute atomic E-state index is 0. The molecule has 4 heteroatoms. The summed E-state index contributed by atoms with van der Waals surface area (Å²) in [4.78, 5) is 0. The van der Waals surface area contributed by atoms with Gasteiger partial charge in [-0.15, -0.1) is 0 Å². The quantitative estimate of drug-likeness (QED) is 0.333. The van der Waals surface area contributed by atoms with Gasteiger partial charge in [0.05, 0.1) is 0 Å². The molecule has 0 aliphatic carbocycles. The van der Waals surface area contributed by atoms with Crippen LogP contribution in [0.1, 0.15) is 0 Å². The van der Waals surface area contributed by atoms with Crippen molar-refractivity contribution in [3.05, 3.63) is 0 Å². The van der Waals surface area contributed by atoms with E-state index in [1.165, 1.54) is 0 Å². The van der Waals surface area contributed by atoms with E-state index in [0.29, 0.717) is 0 Å². The fraction of sp³-hybridized carbons (Fsp3) is 0. The van der Waals surface area contributed by atoms with Crippen molar-refractivity contribution in [1.29, 1.82) is 0 Å². The Labute approximate surface area is 76.4 Å². The smallest absolute Gasteiger partial charge is 0 e. The van der Waals surface area contributed by atoms with Gasteiger partial charge in [0.2, 0.25) is 0 Å². The molecule has 0 heterocycles. The van der Waals surface area contributed by atoms with Crippen molar-refractivity contribution in [1.82, 2.24) is 0 Å². The van der Waals surface area contributed by atoms with Crippen molar-refractivity contribution in [3.8, 4) is 0 Å². The van der Waals surface area contributed by atoms with Crippen LogP contribution in [0, 0.1) is 0 Å². The maximum atomic E-state index is 0. The summed E-state index contributed by atoms with van der Waals surface area (Å²) < 4.78 is 0. The van der Waals surface area contributed by atoms with Gasteiger partial charge in [-0.1, -0.05) is 0 Å². The molecule has 0 N–H and O–H groups in total. The molecular weight excluding hydrogens is 624 g/mol. The average molecular weight is 624 g/mol. The van der Waals surface area contributed by atoms with E-state index in [4.69, 9.17) is 0 Å². The zero-order valence-corrected chi connectivity index (χ0v) is 10.2. The van der Waals surface area contributed by atoms with Gasteiger partial charge in [0, 0.05) is 77.4 Å². The summed E-state index contributed by atoms with van der Waals surface area (Å²) in [5.74, 6) is 0. The minimum Gasteiger partial charge on any atom is 0 e. The van der Waals surface area contributed by atoms with Gasteiger partial charge in [-0.2, -0.15) is 0 Å². The van der Waals surface area contributed by atoms with Crippen molar-refractivity contribution in [3.63, 3.8) is 0 Å². The van der Waals surface area contributed by atoms with Gasteiger partial charge in [-0.3, -0.25) is 0 Å². The Kier molecular flexibility index (Phi) is 142. The Bertz CT molecular complexity index is 8.00.